The van der Waals surface area contributed by atoms with E-state index in [0.29, 0.717) is 10.6 Å². The smallest absolute Gasteiger partial charge is 0.243 e. The summed E-state index contributed by atoms with van der Waals surface area (Å²) in [5, 5.41) is 22.1. The van der Waals surface area contributed by atoms with Crippen LogP contribution in [0.5, 0.6) is 0 Å². The Kier molecular flexibility index (Phi) is 6.84. The van der Waals surface area contributed by atoms with E-state index in [2.05, 4.69) is 11.4 Å². The first-order valence-corrected chi connectivity index (χ1v) is 11.2. The molecule has 1 N–H and O–H groups in total. The summed E-state index contributed by atoms with van der Waals surface area (Å²) in [4.78, 5) is 27.5. The molecule has 30 heavy (non-hydrogen) atoms. The molecule has 1 atom stereocenters. The van der Waals surface area contributed by atoms with Crippen molar-refractivity contribution < 1.29 is 9.59 Å². The number of hydrogen-bond donors (Lipinski definition) is 1. The van der Waals surface area contributed by atoms with Crippen molar-refractivity contribution in [2.75, 3.05) is 10.7 Å². The summed E-state index contributed by atoms with van der Waals surface area (Å²) in [7, 11) is 0. The number of nitriles is 2. The summed E-state index contributed by atoms with van der Waals surface area (Å²) in [6.45, 7) is 3.44. The first kappa shape index (κ1) is 21.9. The number of rotatable bonds is 5. The van der Waals surface area contributed by atoms with E-state index in [0.717, 1.165) is 31.4 Å². The summed E-state index contributed by atoms with van der Waals surface area (Å²) in [5.74, 6) is -1.30. The van der Waals surface area contributed by atoms with E-state index >= 15 is 0 Å². The second-order valence-corrected chi connectivity index (χ2v) is 9.25. The molecule has 1 heterocycles. The molecule has 2 aliphatic rings. The predicted octanol–water partition coefficient (Wildman–Crippen LogP) is 4.12. The summed E-state index contributed by atoms with van der Waals surface area (Å²) in [5.41, 5.74) is 0.317. The number of anilines is 1. The van der Waals surface area contributed by atoms with Crippen LogP contribution in [-0.4, -0.2) is 23.6 Å². The molecule has 1 fully saturated rings. The molecule has 7 heteroatoms. The van der Waals surface area contributed by atoms with Crippen molar-refractivity contribution in [1.29, 1.82) is 10.5 Å². The topological polar surface area (TPSA) is 97.0 Å². The number of benzene rings is 1. The minimum atomic E-state index is -0.935. The number of para-hydroxylation sites is 1. The van der Waals surface area contributed by atoms with Crippen LogP contribution in [0, 0.1) is 34.0 Å². The lowest BCUT2D eigenvalue weighted by molar-refractivity contribution is -0.125. The Balaban J connectivity index is 1.83. The molecule has 0 saturated heterocycles. The third-order valence-corrected chi connectivity index (χ3v) is 6.90. The highest BCUT2D eigenvalue weighted by atomic mass is 32.2. The van der Waals surface area contributed by atoms with Gasteiger partial charge in [-0.15, -0.1) is 0 Å². The number of nitrogens with one attached hydrogen (secondary N) is 1. The maximum Gasteiger partial charge on any atom is 0.243 e. The average Bonchev–Trinajstić information content (AvgIpc) is 2.73. The second-order valence-electron chi connectivity index (χ2n) is 8.27. The summed E-state index contributed by atoms with van der Waals surface area (Å²) < 4.78 is 0. The average molecular weight is 423 g/mol. The van der Waals surface area contributed by atoms with Gasteiger partial charge in [-0.05, 0) is 25.0 Å². The fraction of sp³-hybridized carbons (Fsp3) is 0.478. The van der Waals surface area contributed by atoms with Gasteiger partial charge in [0.25, 0.3) is 0 Å². The summed E-state index contributed by atoms with van der Waals surface area (Å²) in [6.07, 6.45) is 5.37. The highest BCUT2D eigenvalue weighted by Gasteiger charge is 2.44. The summed E-state index contributed by atoms with van der Waals surface area (Å²) >= 11 is 1.17. The first-order chi connectivity index (χ1) is 14.4. The van der Waals surface area contributed by atoms with E-state index in [1.165, 1.54) is 18.2 Å². The molecule has 0 unspecified atom stereocenters. The van der Waals surface area contributed by atoms with Crippen molar-refractivity contribution in [2.45, 2.75) is 52.0 Å². The predicted molar refractivity (Wildman–Crippen MR) is 117 cm³/mol. The number of nitrogens with zero attached hydrogens (tertiary/aromatic N) is 3. The number of amides is 2. The molecule has 156 valence electrons. The second kappa shape index (κ2) is 9.36. The van der Waals surface area contributed by atoms with Gasteiger partial charge < -0.3 is 10.2 Å². The number of carbonyl (C=O) groups excluding carboxylic acids is 2. The van der Waals surface area contributed by atoms with Crippen molar-refractivity contribution >= 4 is 29.3 Å². The molecule has 6 nitrogen and oxygen atoms in total. The van der Waals surface area contributed by atoms with Crippen LogP contribution in [0.4, 0.5) is 5.69 Å². The van der Waals surface area contributed by atoms with Gasteiger partial charge in [0, 0.05) is 17.1 Å². The molecule has 1 aromatic carbocycles. The number of thioether (sulfide) groups is 1. The third-order valence-electron chi connectivity index (χ3n) is 5.92. The normalized spacial score (nSPS) is 21.3. The lowest BCUT2D eigenvalue weighted by Crippen LogP contribution is -2.45. The molecule has 0 spiro atoms. The van der Waals surface area contributed by atoms with Crippen LogP contribution in [0.1, 0.15) is 46.0 Å². The highest BCUT2D eigenvalue weighted by molar-refractivity contribution is 8.03. The van der Waals surface area contributed by atoms with E-state index < -0.39 is 17.2 Å². The van der Waals surface area contributed by atoms with Crippen LogP contribution in [0.2, 0.25) is 0 Å². The molecule has 1 aromatic rings. The molecule has 1 aliphatic carbocycles. The van der Waals surface area contributed by atoms with E-state index in [9.17, 15) is 20.1 Å². The first-order valence-electron chi connectivity index (χ1n) is 10.3. The van der Waals surface area contributed by atoms with Crippen LogP contribution in [0.15, 0.2) is 40.9 Å². The molecule has 0 bridgehead atoms. The molecular weight excluding hydrogens is 396 g/mol. The Morgan fingerprint density at radius 1 is 1.20 bits per heavy atom. The van der Waals surface area contributed by atoms with Gasteiger partial charge in [0.1, 0.15) is 5.92 Å². The highest BCUT2D eigenvalue weighted by Crippen LogP contribution is 2.42. The zero-order valence-electron chi connectivity index (χ0n) is 17.4. The van der Waals surface area contributed by atoms with Gasteiger partial charge in [-0.3, -0.25) is 9.59 Å². The van der Waals surface area contributed by atoms with E-state index in [1.54, 1.807) is 13.8 Å². The Morgan fingerprint density at radius 3 is 2.47 bits per heavy atom. The molecule has 0 radical (unpaired) electrons. The number of allylic oxidation sites excluding steroid dienone is 1. The van der Waals surface area contributed by atoms with Crippen molar-refractivity contribution in [3.05, 3.63) is 40.9 Å². The van der Waals surface area contributed by atoms with Crippen LogP contribution < -0.4 is 10.2 Å². The van der Waals surface area contributed by atoms with Gasteiger partial charge in [-0.1, -0.05) is 63.1 Å². The third kappa shape index (κ3) is 4.37. The maximum absolute atomic E-state index is 13.3. The van der Waals surface area contributed by atoms with Gasteiger partial charge >= 0.3 is 0 Å². The SMILES string of the molecule is CC1(C)C(C#N)=C(SCC(=O)N(c2ccccc2)C2CCCCC2)NC(=O)[C@H]1C#N. The zero-order chi connectivity index (χ0) is 21.7. The van der Waals surface area contributed by atoms with Crippen LogP contribution in [0.3, 0.4) is 0 Å². The quantitative estimate of drug-likeness (QED) is 0.770. The monoisotopic (exact) mass is 422 g/mol. The van der Waals surface area contributed by atoms with E-state index in [1.807, 2.05) is 41.3 Å². The molecule has 1 saturated carbocycles. The van der Waals surface area contributed by atoms with Crippen LogP contribution in [0.25, 0.3) is 0 Å². The van der Waals surface area contributed by atoms with Crippen molar-refractivity contribution in [3.63, 3.8) is 0 Å². The number of carbonyl (C=O) groups is 2. The fourth-order valence-electron chi connectivity index (χ4n) is 4.22. The molecular formula is C23H26N4O2S. The van der Waals surface area contributed by atoms with Gasteiger partial charge in [-0.2, -0.15) is 10.5 Å². The van der Waals surface area contributed by atoms with Crippen molar-refractivity contribution in [1.82, 2.24) is 5.32 Å². The Bertz CT molecular complexity index is 921. The lowest BCUT2D eigenvalue weighted by atomic mass is 9.72. The van der Waals surface area contributed by atoms with Gasteiger partial charge in [-0.25, -0.2) is 0 Å². The minimum absolute atomic E-state index is 0.0441. The lowest BCUT2D eigenvalue weighted by Gasteiger charge is -2.36. The van der Waals surface area contributed by atoms with Crippen LogP contribution >= 0.6 is 11.8 Å². The Morgan fingerprint density at radius 2 is 1.87 bits per heavy atom. The minimum Gasteiger partial charge on any atom is -0.319 e. The van der Waals surface area contributed by atoms with Gasteiger partial charge in [0.15, 0.2) is 0 Å². The van der Waals surface area contributed by atoms with Gasteiger partial charge in [0.2, 0.25) is 11.8 Å². The molecule has 2 amide bonds. The number of hydrogen-bond acceptors (Lipinski definition) is 5. The molecule has 1 aliphatic heterocycles. The van der Waals surface area contributed by atoms with Crippen LogP contribution in [-0.2, 0) is 9.59 Å². The van der Waals surface area contributed by atoms with E-state index in [4.69, 9.17) is 0 Å². The largest absolute Gasteiger partial charge is 0.319 e. The Hall–Kier alpha value is -2.77. The van der Waals surface area contributed by atoms with Crippen molar-refractivity contribution in [3.8, 4) is 12.1 Å². The standard InChI is InChI=1S/C23H26N4O2S/c1-23(2)18(13-24)21(29)26-22(19(23)14-25)30-15-20(28)27(16-9-5-3-6-10-16)17-11-7-4-8-12-17/h3,5-6,9-10,17-18H,4,7-8,11-12,15H2,1-2H3,(H,26,29)/t18-/m1/s1. The van der Waals surface area contributed by atoms with Gasteiger partial charge in [0.05, 0.1) is 28.5 Å². The molecule has 0 aromatic heterocycles. The van der Waals surface area contributed by atoms with Crippen molar-refractivity contribution in [2.24, 2.45) is 11.3 Å². The van der Waals surface area contributed by atoms with E-state index in [-0.39, 0.29) is 17.7 Å². The summed E-state index contributed by atoms with van der Waals surface area (Å²) in [6, 6.07) is 14.0. The Labute approximate surface area is 181 Å². The zero-order valence-corrected chi connectivity index (χ0v) is 18.2. The fourth-order valence-corrected chi connectivity index (χ4v) is 5.26. The maximum atomic E-state index is 13.3. The molecule has 3 rings (SSSR count).